The lowest BCUT2D eigenvalue weighted by Gasteiger charge is -2.25. The van der Waals surface area contributed by atoms with E-state index in [0.29, 0.717) is 5.92 Å². The van der Waals surface area contributed by atoms with E-state index in [-0.39, 0.29) is 0 Å². The Labute approximate surface area is 82.3 Å². The third kappa shape index (κ3) is 5.81. The van der Waals surface area contributed by atoms with E-state index >= 15 is 0 Å². The Hall–Kier alpha value is 0.207. The van der Waals surface area contributed by atoms with E-state index in [2.05, 4.69) is 31.6 Å². The fourth-order valence-electron chi connectivity index (χ4n) is 1.35. The second kappa shape index (κ2) is 5.78. The van der Waals surface area contributed by atoms with Gasteiger partial charge in [-0.2, -0.15) is 0 Å². The zero-order valence-electron chi connectivity index (χ0n) is 8.36. The molecule has 0 rings (SSSR count). The van der Waals surface area contributed by atoms with Crippen molar-refractivity contribution in [2.45, 2.75) is 26.1 Å². The van der Waals surface area contributed by atoms with E-state index in [0.717, 1.165) is 12.4 Å². The molecule has 0 bridgehead atoms. The van der Waals surface area contributed by atoms with Gasteiger partial charge in [-0.15, -0.1) is 18.2 Å². The van der Waals surface area contributed by atoms with Crippen LogP contribution in [0.3, 0.4) is 0 Å². The molecular formula is C9H20ClNSi. The first-order chi connectivity index (χ1) is 5.52. The van der Waals surface area contributed by atoms with Gasteiger partial charge in [0.2, 0.25) is 0 Å². The van der Waals surface area contributed by atoms with E-state index in [1.54, 1.807) is 0 Å². The van der Waals surface area contributed by atoms with Crippen LogP contribution in [0.25, 0.3) is 0 Å². The van der Waals surface area contributed by atoms with E-state index in [9.17, 15) is 0 Å². The fourth-order valence-corrected chi connectivity index (χ4v) is 4.37. The molecule has 0 heterocycles. The van der Waals surface area contributed by atoms with Crippen LogP contribution < -0.4 is 4.98 Å². The van der Waals surface area contributed by atoms with Gasteiger partial charge < -0.3 is 4.98 Å². The molecule has 0 aliphatic rings. The largest absolute Gasteiger partial charge is 0.334 e. The van der Waals surface area contributed by atoms with Gasteiger partial charge >= 0.3 is 0 Å². The minimum atomic E-state index is -1.21. The minimum absolute atomic E-state index is 0.630. The Balaban J connectivity index is 3.76. The Kier molecular flexibility index (Phi) is 5.88. The van der Waals surface area contributed by atoms with Crippen LogP contribution in [0.1, 0.15) is 6.92 Å². The average molecular weight is 206 g/mol. The first-order valence-corrected chi connectivity index (χ1v) is 8.18. The molecule has 0 fully saturated rings. The molecule has 1 unspecified atom stereocenters. The van der Waals surface area contributed by atoms with Gasteiger partial charge in [0, 0.05) is 12.4 Å². The Morgan fingerprint density at radius 2 is 2.17 bits per heavy atom. The van der Waals surface area contributed by atoms with Crippen LogP contribution in [0.2, 0.25) is 19.1 Å². The lowest BCUT2D eigenvalue weighted by atomic mass is 10.3. The van der Waals surface area contributed by atoms with Crippen LogP contribution in [-0.2, 0) is 0 Å². The number of halogens is 1. The summed E-state index contributed by atoms with van der Waals surface area (Å²) in [5.41, 5.74) is 0. The number of alkyl halides is 1. The molecule has 0 aromatic rings. The number of hydrogen-bond acceptors (Lipinski definition) is 1. The van der Waals surface area contributed by atoms with Gasteiger partial charge in [0.1, 0.15) is 8.24 Å². The molecule has 0 saturated carbocycles. The van der Waals surface area contributed by atoms with E-state index < -0.39 is 8.24 Å². The zero-order chi connectivity index (χ0) is 9.61. The number of rotatable bonds is 6. The molecule has 0 aliphatic heterocycles. The standard InChI is InChI=1S/C9H20ClNSi/c1-5-6-11-12(3,4)8-9(2)7-10/h5,9,11H,1,6-8H2,2-4H3. The maximum absolute atomic E-state index is 5.77. The van der Waals surface area contributed by atoms with Gasteiger partial charge in [-0.3, -0.25) is 0 Å². The summed E-state index contributed by atoms with van der Waals surface area (Å²) in [5.74, 6) is 1.40. The van der Waals surface area contributed by atoms with Crippen LogP contribution in [0.15, 0.2) is 12.7 Å². The molecule has 12 heavy (non-hydrogen) atoms. The predicted molar refractivity (Wildman–Crippen MR) is 60.4 cm³/mol. The lowest BCUT2D eigenvalue weighted by molar-refractivity contribution is 0.717. The third-order valence-corrected chi connectivity index (χ3v) is 5.25. The van der Waals surface area contributed by atoms with Crippen LogP contribution in [0.5, 0.6) is 0 Å². The second-order valence-corrected chi connectivity index (χ2v) is 8.86. The van der Waals surface area contributed by atoms with Gasteiger partial charge in [-0.05, 0) is 12.0 Å². The summed E-state index contributed by atoms with van der Waals surface area (Å²) in [4.78, 5) is 3.54. The quantitative estimate of drug-likeness (QED) is 0.400. The Bertz CT molecular complexity index is 136. The van der Waals surface area contributed by atoms with Crippen molar-refractivity contribution < 1.29 is 0 Å². The van der Waals surface area contributed by atoms with Crippen molar-refractivity contribution >= 4 is 19.8 Å². The summed E-state index contributed by atoms with van der Waals surface area (Å²) in [6.45, 7) is 11.5. The summed E-state index contributed by atoms with van der Waals surface area (Å²) in [6.07, 6.45) is 1.92. The topological polar surface area (TPSA) is 12.0 Å². The second-order valence-electron chi connectivity index (χ2n) is 4.02. The van der Waals surface area contributed by atoms with Crippen LogP contribution in [0, 0.1) is 5.92 Å². The highest BCUT2D eigenvalue weighted by molar-refractivity contribution is 6.75. The summed E-state index contributed by atoms with van der Waals surface area (Å²) >= 11 is 5.77. The van der Waals surface area contributed by atoms with E-state index in [4.69, 9.17) is 11.6 Å². The summed E-state index contributed by atoms with van der Waals surface area (Å²) in [5, 5.41) is 0. The number of hydrogen-bond donors (Lipinski definition) is 1. The van der Waals surface area contributed by atoms with Crippen LogP contribution >= 0.6 is 11.6 Å². The highest BCUT2D eigenvalue weighted by Crippen LogP contribution is 2.15. The van der Waals surface area contributed by atoms with E-state index in [1.807, 2.05) is 6.08 Å². The van der Waals surface area contributed by atoms with Gasteiger partial charge in [0.25, 0.3) is 0 Å². The van der Waals surface area contributed by atoms with Crippen molar-refractivity contribution in [2.75, 3.05) is 12.4 Å². The molecule has 0 aromatic heterocycles. The van der Waals surface area contributed by atoms with Crippen molar-refractivity contribution in [2.24, 2.45) is 5.92 Å². The molecular weight excluding hydrogens is 186 g/mol. The summed E-state index contributed by atoms with van der Waals surface area (Å²) in [6, 6.07) is 1.24. The van der Waals surface area contributed by atoms with Crippen molar-refractivity contribution in [3.05, 3.63) is 12.7 Å². The molecule has 0 spiro atoms. The highest BCUT2D eigenvalue weighted by atomic mass is 35.5. The van der Waals surface area contributed by atoms with Crippen molar-refractivity contribution in [3.63, 3.8) is 0 Å². The van der Waals surface area contributed by atoms with E-state index in [1.165, 1.54) is 6.04 Å². The van der Waals surface area contributed by atoms with Gasteiger partial charge in [-0.25, -0.2) is 0 Å². The minimum Gasteiger partial charge on any atom is -0.334 e. The third-order valence-electron chi connectivity index (χ3n) is 1.85. The molecule has 0 aliphatic carbocycles. The van der Waals surface area contributed by atoms with Gasteiger partial charge in [-0.1, -0.05) is 26.1 Å². The molecule has 0 radical (unpaired) electrons. The maximum Gasteiger partial charge on any atom is 0.119 e. The Morgan fingerprint density at radius 3 is 2.58 bits per heavy atom. The van der Waals surface area contributed by atoms with Crippen LogP contribution in [-0.4, -0.2) is 20.7 Å². The van der Waals surface area contributed by atoms with Crippen molar-refractivity contribution in [1.82, 2.24) is 4.98 Å². The molecule has 3 heteroatoms. The van der Waals surface area contributed by atoms with Crippen molar-refractivity contribution in [1.29, 1.82) is 0 Å². The monoisotopic (exact) mass is 205 g/mol. The summed E-state index contributed by atoms with van der Waals surface area (Å²) < 4.78 is 0. The first kappa shape index (κ1) is 12.2. The molecule has 0 saturated heterocycles. The highest BCUT2D eigenvalue weighted by Gasteiger charge is 2.21. The smallest absolute Gasteiger partial charge is 0.119 e. The summed E-state index contributed by atoms with van der Waals surface area (Å²) in [7, 11) is -1.21. The Morgan fingerprint density at radius 1 is 1.58 bits per heavy atom. The lowest BCUT2D eigenvalue weighted by Crippen LogP contribution is -2.45. The SMILES string of the molecule is C=CCN[Si](C)(C)CC(C)CCl. The molecule has 0 amide bonds. The molecule has 1 atom stereocenters. The normalized spacial score (nSPS) is 14.3. The fraction of sp³-hybridized carbons (Fsp3) is 0.778. The number of nitrogens with one attached hydrogen (secondary N) is 1. The van der Waals surface area contributed by atoms with Crippen molar-refractivity contribution in [3.8, 4) is 0 Å². The molecule has 1 N–H and O–H groups in total. The van der Waals surface area contributed by atoms with Gasteiger partial charge in [0.15, 0.2) is 0 Å². The molecule has 1 nitrogen and oxygen atoms in total. The predicted octanol–water partition coefficient (Wildman–Crippen LogP) is 2.84. The van der Waals surface area contributed by atoms with Gasteiger partial charge in [0.05, 0.1) is 0 Å². The van der Waals surface area contributed by atoms with Crippen LogP contribution in [0.4, 0.5) is 0 Å². The zero-order valence-corrected chi connectivity index (χ0v) is 10.1. The molecule has 0 aromatic carbocycles. The molecule has 72 valence electrons. The maximum atomic E-state index is 5.77. The average Bonchev–Trinajstić information content (AvgIpc) is 2.00. The first-order valence-electron chi connectivity index (χ1n) is 4.43.